The summed E-state index contributed by atoms with van der Waals surface area (Å²) in [5.41, 5.74) is 5.82. The molecule has 0 aliphatic carbocycles. The molecule has 6 heteroatoms. The maximum atomic E-state index is 11.8. The molecule has 0 radical (unpaired) electrons. The number of ether oxygens (including phenoxy) is 1. The summed E-state index contributed by atoms with van der Waals surface area (Å²) in [4.78, 5) is 11.8. The fourth-order valence-corrected chi connectivity index (χ4v) is 2.18. The van der Waals surface area contributed by atoms with Gasteiger partial charge in [0.2, 0.25) is 5.91 Å². The quantitative estimate of drug-likeness (QED) is 0.765. The van der Waals surface area contributed by atoms with Crippen LogP contribution in [-0.2, 0) is 4.79 Å². The van der Waals surface area contributed by atoms with Crippen LogP contribution >= 0.6 is 28.3 Å². The lowest BCUT2D eigenvalue weighted by atomic mass is 10.0. The van der Waals surface area contributed by atoms with E-state index in [0.29, 0.717) is 18.9 Å². The van der Waals surface area contributed by atoms with Crippen LogP contribution in [0.1, 0.15) is 27.2 Å². The van der Waals surface area contributed by atoms with Gasteiger partial charge in [-0.3, -0.25) is 4.79 Å². The minimum absolute atomic E-state index is 0. The summed E-state index contributed by atoms with van der Waals surface area (Å²) >= 11 is 3.39. The Kier molecular flexibility index (Phi) is 9.66. The van der Waals surface area contributed by atoms with E-state index in [9.17, 15) is 4.79 Å². The van der Waals surface area contributed by atoms with E-state index in [1.165, 1.54) is 0 Å². The van der Waals surface area contributed by atoms with Crippen molar-refractivity contribution in [3.63, 3.8) is 0 Å². The minimum atomic E-state index is -0.451. The van der Waals surface area contributed by atoms with Crippen molar-refractivity contribution in [3.8, 4) is 5.75 Å². The molecule has 21 heavy (non-hydrogen) atoms. The highest BCUT2D eigenvalue weighted by Gasteiger charge is 2.15. The normalized spacial score (nSPS) is 13.2. The van der Waals surface area contributed by atoms with Gasteiger partial charge in [-0.2, -0.15) is 0 Å². The highest BCUT2D eigenvalue weighted by molar-refractivity contribution is 9.10. The van der Waals surface area contributed by atoms with Gasteiger partial charge in [0, 0.05) is 4.47 Å². The van der Waals surface area contributed by atoms with E-state index < -0.39 is 6.04 Å². The molecule has 0 saturated heterocycles. The van der Waals surface area contributed by atoms with Crippen LogP contribution in [-0.4, -0.2) is 24.6 Å². The van der Waals surface area contributed by atoms with Gasteiger partial charge in [-0.05, 0) is 37.5 Å². The summed E-state index contributed by atoms with van der Waals surface area (Å²) in [6, 6.07) is 7.16. The number of rotatable bonds is 7. The third-order valence-electron chi connectivity index (χ3n) is 2.76. The molecule has 1 unspecified atom stereocenters. The first-order valence-electron chi connectivity index (χ1n) is 6.84. The molecule has 0 aliphatic heterocycles. The Morgan fingerprint density at radius 1 is 1.38 bits per heavy atom. The molecular weight excluding hydrogens is 356 g/mol. The third kappa shape index (κ3) is 8.29. The molecular formula is C15H24BrClN2O2. The highest BCUT2D eigenvalue weighted by atomic mass is 79.9. The van der Waals surface area contributed by atoms with E-state index in [-0.39, 0.29) is 24.4 Å². The largest absolute Gasteiger partial charge is 0.489 e. The van der Waals surface area contributed by atoms with Gasteiger partial charge in [0.25, 0.3) is 0 Å². The Hall–Kier alpha value is -0.780. The number of amides is 1. The molecule has 0 spiro atoms. The van der Waals surface area contributed by atoms with Gasteiger partial charge in [-0.1, -0.05) is 35.8 Å². The molecule has 0 bridgehead atoms. The second-order valence-electron chi connectivity index (χ2n) is 5.37. The molecule has 1 aromatic rings. The Morgan fingerprint density at radius 2 is 2.05 bits per heavy atom. The maximum Gasteiger partial charge on any atom is 0.237 e. The van der Waals surface area contributed by atoms with Gasteiger partial charge >= 0.3 is 0 Å². The average molecular weight is 380 g/mol. The Labute approximate surface area is 141 Å². The van der Waals surface area contributed by atoms with Crippen LogP contribution in [0.3, 0.4) is 0 Å². The lowest BCUT2D eigenvalue weighted by Gasteiger charge is -2.18. The van der Waals surface area contributed by atoms with E-state index in [1.807, 2.05) is 45.0 Å². The molecule has 2 atom stereocenters. The Bertz CT molecular complexity index is 443. The van der Waals surface area contributed by atoms with Crippen molar-refractivity contribution in [1.29, 1.82) is 0 Å². The smallest absolute Gasteiger partial charge is 0.237 e. The molecule has 0 heterocycles. The average Bonchev–Trinajstić information content (AvgIpc) is 2.35. The number of hydrogen-bond acceptors (Lipinski definition) is 3. The lowest BCUT2D eigenvalue weighted by molar-refractivity contribution is -0.123. The number of hydrogen-bond donors (Lipinski definition) is 2. The Morgan fingerprint density at radius 3 is 2.62 bits per heavy atom. The summed E-state index contributed by atoms with van der Waals surface area (Å²) in [6.07, 6.45) is 0.576. The zero-order valence-corrected chi connectivity index (χ0v) is 15.0. The second-order valence-corrected chi connectivity index (χ2v) is 6.28. The van der Waals surface area contributed by atoms with Crippen molar-refractivity contribution in [2.45, 2.75) is 39.3 Å². The lowest BCUT2D eigenvalue weighted by Crippen LogP contribution is -2.44. The zero-order chi connectivity index (χ0) is 15.1. The summed E-state index contributed by atoms with van der Waals surface area (Å²) in [5, 5.41) is 2.82. The number of halogens is 2. The summed E-state index contributed by atoms with van der Waals surface area (Å²) in [5.74, 6) is 1.06. The molecule has 4 nitrogen and oxygen atoms in total. The van der Waals surface area contributed by atoms with Crippen LogP contribution < -0.4 is 15.8 Å². The number of carbonyl (C=O) groups excluding carboxylic acids is 1. The van der Waals surface area contributed by atoms with Crippen LogP contribution in [0.15, 0.2) is 28.7 Å². The van der Waals surface area contributed by atoms with E-state index >= 15 is 0 Å². The summed E-state index contributed by atoms with van der Waals surface area (Å²) in [6.45, 7) is 6.45. The molecule has 0 fully saturated rings. The van der Waals surface area contributed by atoms with Crippen molar-refractivity contribution >= 4 is 34.2 Å². The van der Waals surface area contributed by atoms with Crippen molar-refractivity contribution in [2.75, 3.05) is 6.54 Å². The number of carbonyl (C=O) groups is 1. The van der Waals surface area contributed by atoms with Gasteiger partial charge in [0.1, 0.15) is 11.9 Å². The van der Waals surface area contributed by atoms with Crippen LogP contribution in [0.25, 0.3) is 0 Å². The Balaban J connectivity index is 0.00000400. The molecule has 0 saturated carbocycles. The highest BCUT2D eigenvalue weighted by Crippen LogP contribution is 2.18. The fraction of sp³-hybridized carbons (Fsp3) is 0.533. The van der Waals surface area contributed by atoms with Crippen molar-refractivity contribution in [1.82, 2.24) is 5.32 Å². The molecule has 1 amide bonds. The predicted molar refractivity (Wildman–Crippen MR) is 91.9 cm³/mol. The van der Waals surface area contributed by atoms with Gasteiger partial charge in [0.05, 0.1) is 12.6 Å². The van der Waals surface area contributed by atoms with Crippen molar-refractivity contribution in [2.24, 2.45) is 11.7 Å². The zero-order valence-electron chi connectivity index (χ0n) is 12.6. The minimum Gasteiger partial charge on any atom is -0.489 e. The first-order chi connectivity index (χ1) is 9.38. The van der Waals surface area contributed by atoms with Crippen LogP contribution in [0.4, 0.5) is 0 Å². The number of nitrogens with two attached hydrogens (primary N) is 1. The maximum absolute atomic E-state index is 11.8. The van der Waals surface area contributed by atoms with E-state index in [1.54, 1.807) is 0 Å². The van der Waals surface area contributed by atoms with Gasteiger partial charge in [-0.15, -0.1) is 12.4 Å². The van der Waals surface area contributed by atoms with Crippen molar-refractivity contribution in [3.05, 3.63) is 28.7 Å². The predicted octanol–water partition coefficient (Wildman–Crippen LogP) is 3.13. The fourth-order valence-electron chi connectivity index (χ4n) is 1.80. The van der Waals surface area contributed by atoms with Gasteiger partial charge in [0.15, 0.2) is 0 Å². The molecule has 120 valence electrons. The number of nitrogens with one attached hydrogen (secondary N) is 1. The number of benzene rings is 1. The van der Waals surface area contributed by atoms with E-state index in [2.05, 4.69) is 21.2 Å². The topological polar surface area (TPSA) is 64.4 Å². The van der Waals surface area contributed by atoms with E-state index in [4.69, 9.17) is 10.5 Å². The molecule has 0 aliphatic rings. The molecule has 1 aromatic carbocycles. The SMILES string of the molecule is CC(C)C[C@H](N)C(=O)NCC(C)Oc1cccc(Br)c1.Cl. The molecule has 3 N–H and O–H groups in total. The van der Waals surface area contributed by atoms with E-state index in [0.717, 1.165) is 10.2 Å². The second kappa shape index (κ2) is 10.0. The standard InChI is InChI=1S/C15H23BrN2O2.ClH/c1-10(2)7-14(17)15(19)18-9-11(3)20-13-6-4-5-12(16)8-13;/h4-6,8,10-11,14H,7,9,17H2,1-3H3,(H,18,19);1H/t11?,14-;/m0./s1. The molecule has 0 aromatic heterocycles. The van der Waals surface area contributed by atoms with Gasteiger partial charge in [-0.25, -0.2) is 0 Å². The van der Waals surface area contributed by atoms with Crippen molar-refractivity contribution < 1.29 is 9.53 Å². The van der Waals surface area contributed by atoms with Crippen LogP contribution in [0, 0.1) is 5.92 Å². The first-order valence-corrected chi connectivity index (χ1v) is 7.63. The first kappa shape index (κ1) is 20.2. The van der Waals surface area contributed by atoms with Crippen LogP contribution in [0.5, 0.6) is 5.75 Å². The molecule has 1 rings (SSSR count). The third-order valence-corrected chi connectivity index (χ3v) is 3.25. The van der Waals surface area contributed by atoms with Gasteiger partial charge < -0.3 is 15.8 Å². The van der Waals surface area contributed by atoms with Crippen LogP contribution in [0.2, 0.25) is 0 Å². The summed E-state index contributed by atoms with van der Waals surface area (Å²) in [7, 11) is 0. The summed E-state index contributed by atoms with van der Waals surface area (Å²) < 4.78 is 6.68. The monoisotopic (exact) mass is 378 g/mol.